The van der Waals surface area contributed by atoms with Gasteiger partial charge in [-0.3, -0.25) is 0 Å². The Morgan fingerprint density at radius 1 is 1.20 bits per heavy atom. The van der Waals surface area contributed by atoms with Crippen LogP contribution in [0, 0.1) is 34.4 Å². The molecule has 0 aliphatic carbocycles. The fourth-order valence-electron chi connectivity index (χ4n) is 3.76. The highest BCUT2D eigenvalue weighted by atomic mass is 32.2. The van der Waals surface area contributed by atoms with E-state index in [2.05, 4.69) is 0 Å². The Bertz CT molecular complexity index is 1320. The molecule has 1 aliphatic heterocycles. The molecule has 8 nitrogen and oxygen atoms in total. The van der Waals surface area contributed by atoms with Crippen LogP contribution in [0.4, 0.5) is 17.6 Å². The third-order valence-electron chi connectivity index (χ3n) is 5.84. The number of ether oxygens (including phenoxy) is 1. The number of aliphatic hydroxyl groups is 2. The van der Waals surface area contributed by atoms with E-state index in [1.165, 1.54) is 25.1 Å². The molecule has 0 unspecified atom stereocenters. The number of rotatable bonds is 6. The van der Waals surface area contributed by atoms with Crippen LogP contribution in [0.1, 0.15) is 23.6 Å². The number of benzene rings is 2. The fourth-order valence-corrected chi connectivity index (χ4v) is 5.42. The van der Waals surface area contributed by atoms with Crippen molar-refractivity contribution in [1.82, 2.24) is 4.31 Å². The monoisotopic (exact) mass is 513 g/mol. The molecule has 2 aromatic rings. The van der Waals surface area contributed by atoms with Gasteiger partial charge in [-0.25, -0.2) is 12.8 Å². The third-order valence-corrected chi connectivity index (χ3v) is 7.71. The van der Waals surface area contributed by atoms with E-state index in [0.717, 1.165) is 10.4 Å². The second-order valence-electron chi connectivity index (χ2n) is 8.05. The van der Waals surface area contributed by atoms with E-state index in [1.54, 1.807) is 6.07 Å². The molecular weight excluding hydrogens is 494 g/mol. The Morgan fingerprint density at radius 2 is 1.86 bits per heavy atom. The lowest BCUT2D eigenvalue weighted by Crippen LogP contribution is -2.50. The Kier molecular flexibility index (Phi) is 7.11. The van der Waals surface area contributed by atoms with Gasteiger partial charge in [0, 0.05) is 25.1 Å². The van der Waals surface area contributed by atoms with Crippen LogP contribution < -0.4 is 4.74 Å². The van der Waals surface area contributed by atoms with Gasteiger partial charge < -0.3 is 14.9 Å². The van der Waals surface area contributed by atoms with Crippen molar-refractivity contribution in [2.45, 2.75) is 29.7 Å². The van der Waals surface area contributed by atoms with E-state index in [1.807, 2.05) is 0 Å². The van der Waals surface area contributed by atoms with Gasteiger partial charge in [-0.05, 0) is 37.3 Å². The summed E-state index contributed by atoms with van der Waals surface area (Å²) in [7, 11) is -4.56. The van der Waals surface area contributed by atoms with Gasteiger partial charge in [0.25, 0.3) is 0 Å². The SMILES string of the molecule is C[C@H](O)[C@]1(O)CN(S(=O)(=O)c2ccc(C(F)(F)F)cc2C#N)C[C@@H]1COc1ccc(C#N)c(F)c1. The van der Waals surface area contributed by atoms with Crippen LogP contribution in [0.2, 0.25) is 0 Å². The van der Waals surface area contributed by atoms with E-state index in [0.29, 0.717) is 18.2 Å². The van der Waals surface area contributed by atoms with E-state index in [4.69, 9.17) is 10.00 Å². The topological polar surface area (TPSA) is 135 Å². The Balaban J connectivity index is 1.89. The average molecular weight is 513 g/mol. The zero-order valence-electron chi connectivity index (χ0n) is 18.1. The minimum Gasteiger partial charge on any atom is -0.493 e. The van der Waals surface area contributed by atoms with Crippen molar-refractivity contribution in [1.29, 1.82) is 10.5 Å². The first-order chi connectivity index (χ1) is 16.2. The lowest BCUT2D eigenvalue weighted by Gasteiger charge is -2.31. The van der Waals surface area contributed by atoms with Crippen molar-refractivity contribution < 1.29 is 40.9 Å². The second-order valence-corrected chi connectivity index (χ2v) is 9.95. The van der Waals surface area contributed by atoms with Crippen molar-refractivity contribution in [2.75, 3.05) is 19.7 Å². The number of halogens is 4. The summed E-state index contributed by atoms with van der Waals surface area (Å²) in [6.07, 6.45) is -6.24. The molecule has 2 aromatic carbocycles. The first-order valence-electron chi connectivity index (χ1n) is 10.1. The molecule has 1 heterocycles. The summed E-state index contributed by atoms with van der Waals surface area (Å²) in [5.41, 5.74) is -4.17. The van der Waals surface area contributed by atoms with Gasteiger partial charge in [0.05, 0.1) is 34.3 Å². The van der Waals surface area contributed by atoms with Crippen LogP contribution in [0.3, 0.4) is 0 Å². The standard InChI is InChI=1S/C22H19F4N3O5S/c1-13(30)21(31)12-29(10-17(21)11-34-18-4-2-14(8-27)19(23)7-18)35(32,33)20-5-3-16(22(24,25)26)6-15(20)9-28/h2-7,13,17,30-31H,10-12H2,1H3/t13-,17+,21+/m0/s1. The molecule has 1 aliphatic rings. The average Bonchev–Trinajstić information content (AvgIpc) is 3.15. The highest BCUT2D eigenvalue weighted by Gasteiger charge is 2.52. The molecule has 0 saturated carbocycles. The number of β-amino-alcohol motifs (C(OH)–C–C–N with tert-alkyl or cyclic N) is 1. The summed E-state index contributed by atoms with van der Waals surface area (Å²) in [6, 6.07) is 8.12. The van der Waals surface area contributed by atoms with Gasteiger partial charge in [0.2, 0.25) is 10.0 Å². The fraction of sp³-hybridized carbons (Fsp3) is 0.364. The molecule has 1 fully saturated rings. The van der Waals surface area contributed by atoms with Crippen LogP contribution in [-0.4, -0.2) is 54.3 Å². The summed E-state index contributed by atoms with van der Waals surface area (Å²) in [5.74, 6) is -1.89. The molecule has 1 saturated heterocycles. The van der Waals surface area contributed by atoms with Crippen molar-refractivity contribution in [2.24, 2.45) is 5.92 Å². The predicted molar refractivity (Wildman–Crippen MR) is 112 cm³/mol. The van der Waals surface area contributed by atoms with Crippen molar-refractivity contribution in [3.63, 3.8) is 0 Å². The first kappa shape index (κ1) is 26.4. The molecular formula is C22H19F4N3O5S. The van der Waals surface area contributed by atoms with Gasteiger partial charge in [0.1, 0.15) is 29.3 Å². The molecule has 3 rings (SSSR count). The first-order valence-corrected chi connectivity index (χ1v) is 11.5. The molecule has 0 aromatic heterocycles. The molecule has 35 heavy (non-hydrogen) atoms. The van der Waals surface area contributed by atoms with Crippen molar-refractivity contribution >= 4 is 10.0 Å². The summed E-state index contributed by atoms with van der Waals surface area (Å²) in [5, 5.41) is 39.3. The van der Waals surface area contributed by atoms with Gasteiger partial charge in [-0.2, -0.15) is 28.0 Å². The van der Waals surface area contributed by atoms with Gasteiger partial charge in [-0.15, -0.1) is 0 Å². The van der Waals surface area contributed by atoms with Gasteiger partial charge >= 0.3 is 6.18 Å². The number of hydrogen-bond donors (Lipinski definition) is 2. The predicted octanol–water partition coefficient (Wildman–Crippen LogP) is 2.40. The largest absolute Gasteiger partial charge is 0.493 e. The molecule has 2 N–H and O–H groups in total. The molecule has 0 spiro atoms. The van der Waals surface area contributed by atoms with E-state index in [9.17, 15) is 41.5 Å². The van der Waals surface area contributed by atoms with Gasteiger partial charge in [0.15, 0.2) is 0 Å². The normalized spacial score (nSPS) is 21.8. The molecule has 0 radical (unpaired) electrons. The minimum absolute atomic E-state index is 0.00902. The van der Waals surface area contributed by atoms with Crippen LogP contribution in [0.25, 0.3) is 0 Å². The lowest BCUT2D eigenvalue weighted by atomic mass is 9.87. The third kappa shape index (κ3) is 5.09. The van der Waals surface area contributed by atoms with Crippen molar-refractivity contribution in [3.8, 4) is 17.9 Å². The van der Waals surface area contributed by atoms with Crippen LogP contribution in [-0.2, 0) is 16.2 Å². The lowest BCUT2D eigenvalue weighted by molar-refractivity contribution is -0.137. The summed E-state index contributed by atoms with van der Waals surface area (Å²) in [4.78, 5) is -0.684. The maximum absolute atomic E-state index is 13.8. The van der Waals surface area contributed by atoms with Crippen molar-refractivity contribution in [3.05, 3.63) is 58.9 Å². The number of sulfonamides is 1. The van der Waals surface area contributed by atoms with Crippen LogP contribution in [0.5, 0.6) is 5.75 Å². The van der Waals surface area contributed by atoms with E-state index in [-0.39, 0.29) is 17.9 Å². The Morgan fingerprint density at radius 3 is 2.40 bits per heavy atom. The Labute approximate surface area is 198 Å². The smallest absolute Gasteiger partial charge is 0.416 e. The number of nitrogens with zero attached hydrogens (tertiary/aromatic N) is 3. The highest BCUT2D eigenvalue weighted by Crippen LogP contribution is 2.37. The zero-order chi connectivity index (χ0) is 26.2. The highest BCUT2D eigenvalue weighted by molar-refractivity contribution is 7.89. The molecule has 0 bridgehead atoms. The second kappa shape index (κ2) is 9.43. The zero-order valence-corrected chi connectivity index (χ0v) is 18.9. The van der Waals surface area contributed by atoms with Crippen LogP contribution in [0.15, 0.2) is 41.3 Å². The minimum atomic E-state index is -4.79. The van der Waals surface area contributed by atoms with E-state index < -0.39 is 68.8 Å². The maximum atomic E-state index is 13.8. The molecule has 0 amide bonds. The molecule has 186 valence electrons. The summed E-state index contributed by atoms with van der Waals surface area (Å²) < 4.78 is 85.4. The quantitative estimate of drug-likeness (QED) is 0.567. The molecule has 13 heteroatoms. The number of alkyl halides is 3. The Hall–Kier alpha value is -3.23. The summed E-state index contributed by atoms with van der Waals surface area (Å²) in [6.45, 7) is -0.177. The number of aliphatic hydroxyl groups excluding tert-OH is 1. The van der Waals surface area contributed by atoms with Crippen LogP contribution >= 0.6 is 0 Å². The number of hydrogen-bond acceptors (Lipinski definition) is 7. The summed E-state index contributed by atoms with van der Waals surface area (Å²) >= 11 is 0. The van der Waals surface area contributed by atoms with E-state index >= 15 is 0 Å². The number of nitriles is 2. The van der Waals surface area contributed by atoms with Gasteiger partial charge in [-0.1, -0.05) is 0 Å². The maximum Gasteiger partial charge on any atom is 0.416 e. The molecule has 3 atom stereocenters.